The van der Waals surface area contributed by atoms with Crippen LogP contribution in [-0.4, -0.2) is 39.6 Å². The fraction of sp³-hybridized carbons (Fsp3) is 0.478. The Morgan fingerprint density at radius 1 is 1.20 bits per heavy atom. The second kappa shape index (κ2) is 8.57. The van der Waals surface area contributed by atoms with Gasteiger partial charge in [-0.2, -0.15) is 15.8 Å². The summed E-state index contributed by atoms with van der Waals surface area (Å²) >= 11 is 0. The zero-order valence-corrected chi connectivity index (χ0v) is 17.5. The number of benzene rings is 1. The quantitative estimate of drug-likeness (QED) is 0.726. The number of quaternary nitrogens is 1. The molecule has 30 heavy (non-hydrogen) atoms. The minimum Gasteiger partial charge on any atom is -0.493 e. The van der Waals surface area contributed by atoms with Crippen LogP contribution in [0.1, 0.15) is 24.8 Å². The maximum absolute atomic E-state index is 10.1. The molecule has 0 radical (unpaired) electrons. The van der Waals surface area contributed by atoms with E-state index < -0.39 is 17.3 Å². The molecule has 1 fully saturated rings. The molecule has 3 rings (SSSR count). The van der Waals surface area contributed by atoms with Crippen LogP contribution in [0.15, 0.2) is 29.8 Å². The van der Waals surface area contributed by atoms with E-state index in [4.69, 9.17) is 14.9 Å². The van der Waals surface area contributed by atoms with Crippen LogP contribution in [0.4, 0.5) is 0 Å². The molecule has 1 aliphatic carbocycles. The first kappa shape index (κ1) is 21.4. The van der Waals surface area contributed by atoms with E-state index in [-0.39, 0.29) is 11.6 Å². The third-order valence-corrected chi connectivity index (χ3v) is 6.33. The zero-order chi connectivity index (χ0) is 21.9. The predicted molar refractivity (Wildman–Crippen MR) is 110 cm³/mol. The SMILES string of the molecule is CCC[NH+]1CC=C2[C@@H](C1)[C@H](c1cccc(OC)c1OC)[C@H](C#N)C(=N)C2(C#N)C#N. The summed E-state index contributed by atoms with van der Waals surface area (Å²) in [6.07, 6.45) is 2.96. The van der Waals surface area contributed by atoms with Gasteiger partial charge in [0.25, 0.3) is 0 Å². The Hall–Kier alpha value is -3.34. The molecule has 2 aliphatic rings. The molecule has 2 N–H and O–H groups in total. The summed E-state index contributed by atoms with van der Waals surface area (Å²) in [5.74, 6) is -0.454. The first-order valence-corrected chi connectivity index (χ1v) is 10.1. The molecule has 0 amide bonds. The van der Waals surface area contributed by atoms with Crippen LogP contribution in [0.2, 0.25) is 0 Å². The molecule has 1 saturated carbocycles. The van der Waals surface area contributed by atoms with Crippen molar-refractivity contribution < 1.29 is 14.4 Å². The normalized spacial score (nSPS) is 26.9. The molecule has 1 aromatic rings. The number of para-hydroxylation sites is 1. The second-order valence-electron chi connectivity index (χ2n) is 7.78. The molecule has 0 saturated heterocycles. The number of rotatable bonds is 5. The van der Waals surface area contributed by atoms with E-state index in [2.05, 4.69) is 25.1 Å². The smallest absolute Gasteiger partial charge is 0.203 e. The van der Waals surface area contributed by atoms with Crippen molar-refractivity contribution in [2.75, 3.05) is 33.9 Å². The Morgan fingerprint density at radius 2 is 1.93 bits per heavy atom. The zero-order valence-electron chi connectivity index (χ0n) is 17.5. The highest BCUT2D eigenvalue weighted by Gasteiger charge is 2.58. The van der Waals surface area contributed by atoms with Crippen LogP contribution >= 0.6 is 0 Å². The topological polar surface area (TPSA) is 118 Å². The highest BCUT2D eigenvalue weighted by molar-refractivity contribution is 6.01. The van der Waals surface area contributed by atoms with Crippen molar-refractivity contribution in [3.8, 4) is 29.7 Å². The number of hydrogen-bond acceptors (Lipinski definition) is 6. The number of methoxy groups -OCH3 is 2. The van der Waals surface area contributed by atoms with Crippen LogP contribution in [0.25, 0.3) is 0 Å². The highest BCUT2D eigenvalue weighted by atomic mass is 16.5. The molecule has 0 aromatic heterocycles. The standard InChI is InChI=1S/C23H25N5O2/c1-4-9-28-10-8-18-17(12-28)20(15-6-5-7-19(29-2)21(15)30-3)16(11-24)22(27)23(18,13-25)14-26/h5-8,16-17,20,27H,4,9-10,12H2,1-3H3/p+1/t16-,17+,20+/m0/s1. The number of ether oxygens (including phenoxy) is 2. The molecule has 0 spiro atoms. The van der Waals surface area contributed by atoms with Crippen molar-refractivity contribution in [2.24, 2.45) is 17.3 Å². The average Bonchev–Trinajstić information content (AvgIpc) is 2.78. The lowest BCUT2D eigenvalue weighted by Crippen LogP contribution is -3.13. The van der Waals surface area contributed by atoms with Crippen LogP contribution in [0, 0.1) is 56.7 Å². The first-order chi connectivity index (χ1) is 14.5. The summed E-state index contributed by atoms with van der Waals surface area (Å²) in [5.41, 5.74) is -0.415. The fourth-order valence-corrected chi connectivity index (χ4v) is 5.01. The van der Waals surface area contributed by atoms with Crippen molar-refractivity contribution in [1.29, 1.82) is 21.2 Å². The van der Waals surface area contributed by atoms with Gasteiger partial charge in [-0.3, -0.25) is 0 Å². The van der Waals surface area contributed by atoms with E-state index in [1.807, 2.05) is 18.2 Å². The van der Waals surface area contributed by atoms with Crippen molar-refractivity contribution in [2.45, 2.75) is 19.3 Å². The molecule has 1 heterocycles. The lowest BCUT2D eigenvalue weighted by molar-refractivity contribution is -0.899. The summed E-state index contributed by atoms with van der Waals surface area (Å²) in [5, 5.41) is 38.7. The van der Waals surface area contributed by atoms with Crippen molar-refractivity contribution in [3.05, 3.63) is 35.4 Å². The number of nitriles is 3. The van der Waals surface area contributed by atoms with Gasteiger partial charge in [0.1, 0.15) is 0 Å². The molecule has 0 bridgehead atoms. The monoisotopic (exact) mass is 404 g/mol. The number of hydrogen-bond donors (Lipinski definition) is 2. The Labute approximate surface area is 177 Å². The van der Waals surface area contributed by atoms with Crippen LogP contribution in [0.5, 0.6) is 11.5 Å². The average molecular weight is 404 g/mol. The number of fused-ring (bicyclic) bond motifs is 1. The van der Waals surface area contributed by atoms with E-state index >= 15 is 0 Å². The Bertz CT molecular complexity index is 980. The van der Waals surface area contributed by atoms with Crippen molar-refractivity contribution in [1.82, 2.24) is 0 Å². The van der Waals surface area contributed by atoms with Gasteiger partial charge in [0.2, 0.25) is 5.41 Å². The summed E-state index contributed by atoms with van der Waals surface area (Å²) in [4.78, 5) is 1.34. The van der Waals surface area contributed by atoms with Gasteiger partial charge in [0.05, 0.1) is 63.7 Å². The van der Waals surface area contributed by atoms with Gasteiger partial charge in [-0.25, -0.2) is 0 Å². The van der Waals surface area contributed by atoms with Crippen LogP contribution in [0.3, 0.4) is 0 Å². The summed E-state index contributed by atoms with van der Waals surface area (Å²) in [6, 6.07) is 11.9. The van der Waals surface area contributed by atoms with Gasteiger partial charge in [0, 0.05) is 17.4 Å². The minimum atomic E-state index is -1.69. The van der Waals surface area contributed by atoms with Gasteiger partial charge < -0.3 is 19.8 Å². The van der Waals surface area contributed by atoms with Gasteiger partial charge in [0.15, 0.2) is 11.5 Å². The van der Waals surface area contributed by atoms with E-state index in [0.29, 0.717) is 30.2 Å². The molecular formula is C23H26N5O2+. The minimum absolute atomic E-state index is 0.147. The summed E-state index contributed by atoms with van der Waals surface area (Å²) in [7, 11) is 3.11. The molecule has 4 atom stereocenters. The molecule has 1 unspecified atom stereocenters. The van der Waals surface area contributed by atoms with Gasteiger partial charge in [-0.15, -0.1) is 0 Å². The van der Waals surface area contributed by atoms with E-state index in [1.54, 1.807) is 20.3 Å². The Kier molecular flexibility index (Phi) is 6.11. The highest BCUT2D eigenvalue weighted by Crippen LogP contribution is 2.53. The molecule has 1 aromatic carbocycles. The van der Waals surface area contributed by atoms with Crippen LogP contribution < -0.4 is 14.4 Å². The van der Waals surface area contributed by atoms with Crippen molar-refractivity contribution in [3.63, 3.8) is 0 Å². The summed E-state index contributed by atoms with van der Waals surface area (Å²) < 4.78 is 11.1. The molecular weight excluding hydrogens is 378 g/mol. The lowest BCUT2D eigenvalue weighted by Gasteiger charge is -2.46. The lowest BCUT2D eigenvalue weighted by atomic mass is 9.55. The molecule has 7 heteroatoms. The maximum Gasteiger partial charge on any atom is 0.203 e. The van der Waals surface area contributed by atoms with Crippen LogP contribution in [-0.2, 0) is 0 Å². The van der Waals surface area contributed by atoms with E-state index in [0.717, 1.165) is 18.5 Å². The molecule has 7 nitrogen and oxygen atoms in total. The largest absolute Gasteiger partial charge is 0.493 e. The second-order valence-corrected chi connectivity index (χ2v) is 7.78. The third kappa shape index (κ3) is 3.11. The first-order valence-electron chi connectivity index (χ1n) is 10.1. The fourth-order valence-electron chi connectivity index (χ4n) is 5.01. The van der Waals surface area contributed by atoms with E-state index in [1.165, 1.54) is 4.90 Å². The Morgan fingerprint density at radius 3 is 2.50 bits per heavy atom. The Balaban J connectivity index is 2.26. The number of nitrogens with one attached hydrogen (secondary N) is 2. The van der Waals surface area contributed by atoms with E-state index in [9.17, 15) is 15.8 Å². The van der Waals surface area contributed by atoms with Gasteiger partial charge >= 0.3 is 0 Å². The van der Waals surface area contributed by atoms with Gasteiger partial charge in [-0.05, 0) is 24.1 Å². The number of nitrogens with zero attached hydrogens (tertiary/aromatic N) is 3. The van der Waals surface area contributed by atoms with Gasteiger partial charge in [-0.1, -0.05) is 19.1 Å². The van der Waals surface area contributed by atoms with Crippen molar-refractivity contribution >= 4 is 5.71 Å². The predicted octanol–water partition coefficient (Wildman–Crippen LogP) is 1.85. The molecule has 1 aliphatic heterocycles. The maximum atomic E-state index is 10.1. The third-order valence-electron chi connectivity index (χ3n) is 6.33. The molecule has 154 valence electrons. The summed E-state index contributed by atoms with van der Waals surface area (Å²) in [6.45, 7) is 4.49.